The van der Waals surface area contributed by atoms with Gasteiger partial charge in [0, 0.05) is 25.6 Å². The van der Waals surface area contributed by atoms with Crippen molar-refractivity contribution in [3.05, 3.63) is 24.0 Å². The van der Waals surface area contributed by atoms with Crippen LogP contribution in [-0.2, 0) is 9.47 Å². The maximum Gasteiger partial charge on any atom is 0.222 e. The molecule has 0 atom stereocenters. The molecule has 0 saturated carbocycles. The number of aromatic nitrogens is 1. The van der Waals surface area contributed by atoms with Gasteiger partial charge in [-0.2, -0.15) is 0 Å². The van der Waals surface area contributed by atoms with E-state index in [9.17, 15) is 5.11 Å². The van der Waals surface area contributed by atoms with Crippen molar-refractivity contribution in [2.24, 2.45) is 0 Å². The summed E-state index contributed by atoms with van der Waals surface area (Å²) < 4.78 is 10.5. The van der Waals surface area contributed by atoms with E-state index in [4.69, 9.17) is 9.47 Å². The fourth-order valence-electron chi connectivity index (χ4n) is 1.05. The highest BCUT2D eigenvalue weighted by Crippen LogP contribution is 2.12. The van der Waals surface area contributed by atoms with E-state index >= 15 is 0 Å². The largest absolute Gasteiger partial charge is 0.507 e. The smallest absolute Gasteiger partial charge is 0.222 e. The molecular formula is C12H15NO3. The molecule has 0 amide bonds. The molecule has 0 fully saturated rings. The van der Waals surface area contributed by atoms with Crippen LogP contribution in [0.2, 0.25) is 0 Å². The molecule has 1 aromatic heterocycles. The van der Waals surface area contributed by atoms with E-state index in [1.165, 1.54) is 18.5 Å². The van der Waals surface area contributed by atoms with E-state index < -0.39 is 6.29 Å². The Labute approximate surface area is 95.2 Å². The van der Waals surface area contributed by atoms with Gasteiger partial charge in [0.1, 0.15) is 5.75 Å². The molecule has 0 aliphatic heterocycles. The second-order valence-electron chi connectivity index (χ2n) is 2.90. The van der Waals surface area contributed by atoms with Crippen LogP contribution in [0.5, 0.6) is 5.75 Å². The second-order valence-corrected chi connectivity index (χ2v) is 2.90. The summed E-state index contributed by atoms with van der Waals surface area (Å²) in [5.74, 6) is 5.66. The van der Waals surface area contributed by atoms with Gasteiger partial charge in [0.15, 0.2) is 0 Å². The third kappa shape index (κ3) is 3.89. The van der Waals surface area contributed by atoms with Crippen LogP contribution in [0.4, 0.5) is 0 Å². The van der Waals surface area contributed by atoms with E-state index in [1.54, 1.807) is 0 Å². The van der Waals surface area contributed by atoms with Crippen molar-refractivity contribution in [2.75, 3.05) is 13.2 Å². The third-order valence-electron chi connectivity index (χ3n) is 1.76. The zero-order chi connectivity index (χ0) is 11.8. The fourth-order valence-corrected chi connectivity index (χ4v) is 1.05. The molecule has 0 aliphatic carbocycles. The molecule has 4 heteroatoms. The first-order valence-electron chi connectivity index (χ1n) is 5.15. The molecule has 4 nitrogen and oxygen atoms in total. The van der Waals surface area contributed by atoms with Crippen molar-refractivity contribution >= 4 is 0 Å². The van der Waals surface area contributed by atoms with Gasteiger partial charge in [0.2, 0.25) is 6.29 Å². The van der Waals surface area contributed by atoms with Crippen LogP contribution in [0.1, 0.15) is 19.4 Å². The lowest BCUT2D eigenvalue weighted by Gasteiger charge is -2.09. The minimum absolute atomic E-state index is 0.106. The number of aromatic hydroxyl groups is 1. The van der Waals surface area contributed by atoms with Crippen molar-refractivity contribution in [1.82, 2.24) is 4.98 Å². The predicted octanol–water partition coefficient (Wildman–Crippen LogP) is 1.54. The Kier molecular flexibility index (Phi) is 5.34. The number of rotatable bonds is 4. The van der Waals surface area contributed by atoms with Crippen LogP contribution in [0, 0.1) is 11.8 Å². The molecule has 0 aromatic carbocycles. The first-order valence-corrected chi connectivity index (χ1v) is 5.15. The third-order valence-corrected chi connectivity index (χ3v) is 1.76. The lowest BCUT2D eigenvalue weighted by atomic mass is 10.2. The molecule has 1 heterocycles. The molecule has 0 radical (unpaired) electrons. The van der Waals surface area contributed by atoms with Crippen molar-refractivity contribution in [1.29, 1.82) is 0 Å². The second kappa shape index (κ2) is 6.83. The molecule has 1 aromatic rings. The van der Waals surface area contributed by atoms with Gasteiger partial charge in [-0.3, -0.25) is 4.98 Å². The van der Waals surface area contributed by atoms with E-state index in [-0.39, 0.29) is 5.75 Å². The minimum atomic E-state index is -0.561. The Morgan fingerprint density at radius 2 is 2.06 bits per heavy atom. The molecule has 86 valence electrons. The Morgan fingerprint density at radius 1 is 1.38 bits per heavy atom. The molecule has 1 rings (SSSR count). The average Bonchev–Trinajstić information content (AvgIpc) is 2.28. The first-order chi connectivity index (χ1) is 7.77. The summed E-state index contributed by atoms with van der Waals surface area (Å²) in [7, 11) is 0. The Balaban J connectivity index is 2.74. The topological polar surface area (TPSA) is 51.6 Å². The summed E-state index contributed by atoms with van der Waals surface area (Å²) >= 11 is 0. The number of nitrogens with zero attached hydrogens (tertiary/aromatic N) is 1. The molecule has 1 N–H and O–H groups in total. The molecule has 0 bridgehead atoms. The summed E-state index contributed by atoms with van der Waals surface area (Å²) in [5.41, 5.74) is 0.465. The van der Waals surface area contributed by atoms with Crippen molar-refractivity contribution < 1.29 is 14.6 Å². The van der Waals surface area contributed by atoms with Gasteiger partial charge in [-0.1, -0.05) is 5.92 Å². The van der Waals surface area contributed by atoms with Crippen LogP contribution < -0.4 is 0 Å². The van der Waals surface area contributed by atoms with E-state index in [1.807, 2.05) is 13.8 Å². The summed E-state index contributed by atoms with van der Waals surface area (Å²) in [5, 5.41) is 9.46. The average molecular weight is 221 g/mol. The van der Waals surface area contributed by atoms with Crippen LogP contribution in [0.15, 0.2) is 18.5 Å². The quantitative estimate of drug-likeness (QED) is 0.619. The zero-order valence-corrected chi connectivity index (χ0v) is 9.43. The van der Waals surface area contributed by atoms with Crippen LogP contribution in [0.25, 0.3) is 0 Å². The standard InChI is InChI=1S/C12H15NO3/c1-3-15-12(16-4-2)6-5-10-9-13-8-7-11(10)14/h7-9,12H,3-4H2,1-2H3,(H,13,14). The highest BCUT2D eigenvalue weighted by atomic mass is 16.7. The minimum Gasteiger partial charge on any atom is -0.507 e. The van der Waals surface area contributed by atoms with Crippen molar-refractivity contribution in [2.45, 2.75) is 20.1 Å². The molecule has 0 spiro atoms. The van der Waals surface area contributed by atoms with Gasteiger partial charge < -0.3 is 14.6 Å². The van der Waals surface area contributed by atoms with E-state index in [2.05, 4.69) is 16.8 Å². The van der Waals surface area contributed by atoms with Crippen molar-refractivity contribution in [3.63, 3.8) is 0 Å². The first kappa shape index (κ1) is 12.5. The lowest BCUT2D eigenvalue weighted by molar-refractivity contribution is -0.0969. The van der Waals surface area contributed by atoms with Crippen LogP contribution in [0.3, 0.4) is 0 Å². The van der Waals surface area contributed by atoms with Gasteiger partial charge in [-0.15, -0.1) is 0 Å². The Hall–Kier alpha value is -1.57. The summed E-state index contributed by atoms with van der Waals surface area (Å²) in [4.78, 5) is 3.87. The van der Waals surface area contributed by atoms with Crippen LogP contribution >= 0.6 is 0 Å². The van der Waals surface area contributed by atoms with E-state index in [0.717, 1.165) is 0 Å². The number of pyridine rings is 1. The predicted molar refractivity (Wildman–Crippen MR) is 59.8 cm³/mol. The van der Waals surface area contributed by atoms with E-state index in [0.29, 0.717) is 18.8 Å². The molecule has 0 unspecified atom stereocenters. The highest BCUT2D eigenvalue weighted by molar-refractivity contribution is 5.42. The zero-order valence-electron chi connectivity index (χ0n) is 9.43. The molecule has 0 aliphatic rings. The maximum absolute atomic E-state index is 9.46. The molecule has 0 saturated heterocycles. The Bertz CT molecular complexity index is 375. The number of hydrogen-bond donors (Lipinski definition) is 1. The fraction of sp³-hybridized carbons (Fsp3) is 0.417. The van der Waals surface area contributed by atoms with Gasteiger partial charge in [0.05, 0.1) is 5.56 Å². The SMILES string of the molecule is CCOC(C#Cc1cnccc1O)OCC. The van der Waals surface area contributed by atoms with Crippen LogP contribution in [-0.4, -0.2) is 29.6 Å². The lowest BCUT2D eigenvalue weighted by Crippen LogP contribution is -2.14. The van der Waals surface area contributed by atoms with Gasteiger partial charge in [0.25, 0.3) is 0 Å². The van der Waals surface area contributed by atoms with Crippen molar-refractivity contribution in [3.8, 4) is 17.6 Å². The molecular weight excluding hydrogens is 206 g/mol. The Morgan fingerprint density at radius 3 is 2.62 bits per heavy atom. The molecule has 16 heavy (non-hydrogen) atoms. The van der Waals surface area contributed by atoms with Gasteiger partial charge >= 0.3 is 0 Å². The summed E-state index contributed by atoms with van der Waals surface area (Å²) in [6.45, 7) is 4.79. The summed E-state index contributed by atoms with van der Waals surface area (Å²) in [6, 6.07) is 1.49. The normalized spacial score (nSPS) is 9.94. The summed E-state index contributed by atoms with van der Waals surface area (Å²) in [6.07, 6.45) is 2.44. The van der Waals surface area contributed by atoms with Gasteiger partial charge in [-0.25, -0.2) is 0 Å². The maximum atomic E-state index is 9.46. The number of ether oxygens (including phenoxy) is 2. The monoisotopic (exact) mass is 221 g/mol. The van der Waals surface area contributed by atoms with Gasteiger partial charge in [-0.05, 0) is 25.8 Å². The number of hydrogen-bond acceptors (Lipinski definition) is 4. The highest BCUT2D eigenvalue weighted by Gasteiger charge is 2.02.